The van der Waals surface area contributed by atoms with Crippen LogP contribution in [-0.2, 0) is 0 Å². The Morgan fingerprint density at radius 2 is 2.10 bits per heavy atom. The fourth-order valence-electron chi connectivity index (χ4n) is 2.09. The molecule has 1 heterocycles. The average molecular weight is 273 g/mol. The van der Waals surface area contributed by atoms with Crippen molar-refractivity contribution in [2.45, 2.75) is 32.2 Å². The topological polar surface area (TPSA) is 75.1 Å². The molecule has 0 saturated heterocycles. The number of benzene rings is 1. The fraction of sp³-hybridized carbons (Fsp3) is 0.400. The molecule has 2 rings (SSSR count). The number of hydrogen-bond donors (Lipinski definition) is 2. The van der Waals surface area contributed by atoms with Gasteiger partial charge in [0.1, 0.15) is 5.52 Å². The van der Waals surface area contributed by atoms with E-state index in [0.29, 0.717) is 23.0 Å². The van der Waals surface area contributed by atoms with Crippen molar-refractivity contribution >= 4 is 16.9 Å². The molecule has 2 N–H and O–H groups in total. The van der Waals surface area contributed by atoms with Gasteiger partial charge < -0.3 is 10.4 Å². The number of rotatable bonds is 5. The second kappa shape index (κ2) is 5.96. The SMILES string of the molecule is CCC(C)(CCO)NC(=O)c1cccc2nccnc12. The number of hydrogen-bond acceptors (Lipinski definition) is 4. The third-order valence-electron chi connectivity index (χ3n) is 3.60. The minimum atomic E-state index is -0.420. The van der Waals surface area contributed by atoms with Crippen molar-refractivity contribution in [2.75, 3.05) is 6.61 Å². The van der Waals surface area contributed by atoms with Gasteiger partial charge in [0, 0.05) is 24.5 Å². The first kappa shape index (κ1) is 14.4. The molecular formula is C15H19N3O2. The first-order valence-corrected chi connectivity index (χ1v) is 6.73. The smallest absolute Gasteiger partial charge is 0.253 e. The molecule has 1 atom stereocenters. The van der Waals surface area contributed by atoms with Crippen molar-refractivity contribution in [3.63, 3.8) is 0 Å². The lowest BCUT2D eigenvalue weighted by molar-refractivity contribution is 0.0887. The molecule has 0 aliphatic carbocycles. The third kappa shape index (κ3) is 2.93. The molecule has 1 aromatic heterocycles. The van der Waals surface area contributed by atoms with Crippen molar-refractivity contribution in [1.29, 1.82) is 0 Å². The molecular weight excluding hydrogens is 254 g/mol. The Morgan fingerprint density at radius 3 is 2.80 bits per heavy atom. The Balaban J connectivity index is 2.32. The normalized spacial score (nSPS) is 13.9. The summed E-state index contributed by atoms with van der Waals surface area (Å²) >= 11 is 0. The molecule has 5 nitrogen and oxygen atoms in total. The third-order valence-corrected chi connectivity index (χ3v) is 3.60. The Hall–Kier alpha value is -2.01. The molecule has 0 spiro atoms. The Kier molecular flexibility index (Phi) is 4.29. The maximum atomic E-state index is 12.4. The summed E-state index contributed by atoms with van der Waals surface area (Å²) in [6.45, 7) is 3.96. The summed E-state index contributed by atoms with van der Waals surface area (Å²) in [6.07, 6.45) is 4.44. The number of carbonyl (C=O) groups excluding carboxylic acids is 1. The van der Waals surface area contributed by atoms with Crippen LogP contribution in [0.15, 0.2) is 30.6 Å². The number of para-hydroxylation sites is 1. The minimum absolute atomic E-state index is 0.0416. The monoisotopic (exact) mass is 273 g/mol. The van der Waals surface area contributed by atoms with E-state index in [9.17, 15) is 4.79 Å². The van der Waals surface area contributed by atoms with Gasteiger partial charge in [0.05, 0.1) is 11.1 Å². The minimum Gasteiger partial charge on any atom is -0.396 e. The van der Waals surface area contributed by atoms with Crippen LogP contribution in [0.4, 0.5) is 0 Å². The molecule has 5 heteroatoms. The number of carbonyl (C=O) groups is 1. The van der Waals surface area contributed by atoms with E-state index in [2.05, 4.69) is 15.3 Å². The molecule has 0 radical (unpaired) electrons. The van der Waals surface area contributed by atoms with Crippen LogP contribution >= 0.6 is 0 Å². The van der Waals surface area contributed by atoms with Crippen molar-refractivity contribution in [1.82, 2.24) is 15.3 Å². The van der Waals surface area contributed by atoms with Gasteiger partial charge in [0.15, 0.2) is 0 Å². The van der Waals surface area contributed by atoms with E-state index in [1.807, 2.05) is 19.9 Å². The highest BCUT2D eigenvalue weighted by molar-refractivity contribution is 6.04. The number of aliphatic hydroxyl groups excluding tert-OH is 1. The van der Waals surface area contributed by atoms with E-state index in [4.69, 9.17) is 5.11 Å². The van der Waals surface area contributed by atoms with Crippen LogP contribution in [0, 0.1) is 0 Å². The van der Waals surface area contributed by atoms with Crippen LogP contribution in [0.3, 0.4) is 0 Å². The van der Waals surface area contributed by atoms with Crippen LogP contribution in [0.5, 0.6) is 0 Å². The van der Waals surface area contributed by atoms with Crippen LogP contribution < -0.4 is 5.32 Å². The largest absolute Gasteiger partial charge is 0.396 e. The van der Waals surface area contributed by atoms with Gasteiger partial charge >= 0.3 is 0 Å². The van der Waals surface area contributed by atoms with Crippen LogP contribution in [0.25, 0.3) is 11.0 Å². The zero-order valence-electron chi connectivity index (χ0n) is 11.8. The Labute approximate surface area is 118 Å². The summed E-state index contributed by atoms with van der Waals surface area (Å²) in [5.74, 6) is -0.186. The highest BCUT2D eigenvalue weighted by atomic mass is 16.3. The summed E-state index contributed by atoms with van der Waals surface area (Å²) in [7, 11) is 0. The zero-order chi connectivity index (χ0) is 14.6. The summed E-state index contributed by atoms with van der Waals surface area (Å²) in [4.78, 5) is 20.9. The first-order valence-electron chi connectivity index (χ1n) is 6.73. The number of nitrogens with one attached hydrogen (secondary N) is 1. The number of nitrogens with zero attached hydrogens (tertiary/aromatic N) is 2. The number of aliphatic hydroxyl groups is 1. The molecule has 1 unspecified atom stereocenters. The Morgan fingerprint density at radius 1 is 1.35 bits per heavy atom. The lowest BCUT2D eigenvalue weighted by atomic mass is 9.94. The van der Waals surface area contributed by atoms with Gasteiger partial charge in [-0.1, -0.05) is 13.0 Å². The molecule has 1 amide bonds. The summed E-state index contributed by atoms with van der Waals surface area (Å²) < 4.78 is 0. The van der Waals surface area contributed by atoms with Gasteiger partial charge in [-0.25, -0.2) is 0 Å². The molecule has 2 aromatic rings. The van der Waals surface area contributed by atoms with E-state index >= 15 is 0 Å². The van der Waals surface area contributed by atoms with Crippen molar-refractivity contribution in [2.24, 2.45) is 0 Å². The fourth-order valence-corrected chi connectivity index (χ4v) is 2.09. The van der Waals surface area contributed by atoms with Gasteiger partial charge in [-0.05, 0) is 31.9 Å². The predicted molar refractivity (Wildman–Crippen MR) is 77.4 cm³/mol. The van der Waals surface area contributed by atoms with Crippen LogP contribution in [0.1, 0.15) is 37.0 Å². The number of aromatic nitrogens is 2. The molecule has 0 fully saturated rings. The van der Waals surface area contributed by atoms with Crippen LogP contribution in [-0.4, -0.2) is 33.1 Å². The van der Waals surface area contributed by atoms with E-state index in [1.165, 1.54) is 0 Å². The van der Waals surface area contributed by atoms with E-state index in [0.717, 1.165) is 6.42 Å². The summed E-state index contributed by atoms with van der Waals surface area (Å²) in [5, 5.41) is 12.1. The van der Waals surface area contributed by atoms with Gasteiger partial charge in [-0.2, -0.15) is 0 Å². The lowest BCUT2D eigenvalue weighted by Gasteiger charge is -2.29. The first-order chi connectivity index (χ1) is 9.59. The highest BCUT2D eigenvalue weighted by Gasteiger charge is 2.25. The van der Waals surface area contributed by atoms with Crippen molar-refractivity contribution in [3.05, 3.63) is 36.2 Å². The van der Waals surface area contributed by atoms with Crippen LogP contribution in [0.2, 0.25) is 0 Å². The molecule has 0 bridgehead atoms. The summed E-state index contributed by atoms with van der Waals surface area (Å²) in [6, 6.07) is 5.36. The summed E-state index contributed by atoms with van der Waals surface area (Å²) in [5.41, 5.74) is 1.37. The molecule has 0 aliphatic rings. The van der Waals surface area contributed by atoms with Gasteiger partial charge in [-0.3, -0.25) is 14.8 Å². The van der Waals surface area contributed by atoms with Crippen molar-refractivity contribution < 1.29 is 9.90 Å². The molecule has 106 valence electrons. The Bertz CT molecular complexity index is 610. The second-order valence-corrected chi connectivity index (χ2v) is 5.07. The molecule has 0 aliphatic heterocycles. The number of fused-ring (bicyclic) bond motifs is 1. The zero-order valence-corrected chi connectivity index (χ0v) is 11.8. The maximum Gasteiger partial charge on any atom is 0.253 e. The van der Waals surface area contributed by atoms with Gasteiger partial charge in [-0.15, -0.1) is 0 Å². The predicted octanol–water partition coefficient (Wildman–Crippen LogP) is 1.91. The number of amides is 1. The standard InChI is InChI=1S/C15H19N3O2/c1-3-15(2,7-10-19)18-14(20)11-5-4-6-12-13(11)17-9-8-16-12/h4-6,8-9,19H,3,7,10H2,1-2H3,(H,18,20). The van der Waals surface area contributed by atoms with Gasteiger partial charge in [0.2, 0.25) is 0 Å². The molecule has 1 aromatic carbocycles. The highest BCUT2D eigenvalue weighted by Crippen LogP contribution is 2.18. The van der Waals surface area contributed by atoms with Gasteiger partial charge in [0.25, 0.3) is 5.91 Å². The lowest BCUT2D eigenvalue weighted by Crippen LogP contribution is -2.46. The van der Waals surface area contributed by atoms with E-state index in [-0.39, 0.29) is 12.5 Å². The maximum absolute atomic E-state index is 12.4. The second-order valence-electron chi connectivity index (χ2n) is 5.07. The van der Waals surface area contributed by atoms with E-state index < -0.39 is 5.54 Å². The molecule has 20 heavy (non-hydrogen) atoms. The molecule has 0 saturated carbocycles. The van der Waals surface area contributed by atoms with Crippen molar-refractivity contribution in [3.8, 4) is 0 Å². The van der Waals surface area contributed by atoms with E-state index in [1.54, 1.807) is 24.5 Å². The quantitative estimate of drug-likeness (QED) is 0.872. The average Bonchev–Trinajstić information content (AvgIpc) is 2.46.